The summed E-state index contributed by atoms with van der Waals surface area (Å²) in [5.74, 6) is 0.650. The van der Waals surface area contributed by atoms with Crippen LogP contribution in [0.4, 0.5) is 0 Å². The fourth-order valence-electron chi connectivity index (χ4n) is 3.11. The van der Waals surface area contributed by atoms with Crippen LogP contribution in [0.3, 0.4) is 0 Å². The molecule has 0 bridgehead atoms. The van der Waals surface area contributed by atoms with E-state index >= 15 is 0 Å². The van der Waals surface area contributed by atoms with Gasteiger partial charge in [0.05, 0.1) is 6.42 Å². The second-order valence-corrected chi connectivity index (χ2v) is 6.06. The average Bonchev–Trinajstić information content (AvgIpc) is 2.65. The molecule has 0 aromatic carbocycles. The summed E-state index contributed by atoms with van der Waals surface area (Å²) in [7, 11) is 0. The smallest absolute Gasteiger partial charge is 0.140 e. The molecule has 0 aromatic rings. The van der Waals surface area contributed by atoms with E-state index in [0.29, 0.717) is 18.8 Å². The third-order valence-electron chi connectivity index (χ3n) is 3.94. The highest BCUT2D eigenvalue weighted by atomic mass is 32.2. The summed E-state index contributed by atoms with van der Waals surface area (Å²) in [4.78, 5) is 22.9. The number of carbonyl (C=O) groups is 2. The van der Waals surface area contributed by atoms with Crippen molar-refractivity contribution in [3.63, 3.8) is 0 Å². The van der Waals surface area contributed by atoms with Gasteiger partial charge in [0.1, 0.15) is 11.6 Å². The molecule has 2 fully saturated rings. The normalized spacial score (nSPS) is 27.3. The van der Waals surface area contributed by atoms with Crippen LogP contribution in [0.1, 0.15) is 44.9 Å². The Hall–Kier alpha value is -0.310. The minimum atomic E-state index is 0.163. The molecule has 0 aromatic heterocycles. The molecule has 84 valence electrons. The third kappa shape index (κ3) is 2.12. The zero-order valence-corrected chi connectivity index (χ0v) is 10.1. The first-order valence-corrected chi connectivity index (χ1v) is 6.97. The molecule has 3 heteroatoms. The van der Waals surface area contributed by atoms with E-state index in [0.717, 1.165) is 0 Å². The Labute approximate surface area is 95.2 Å². The summed E-state index contributed by atoms with van der Waals surface area (Å²) in [5.41, 5.74) is 0. The lowest BCUT2D eigenvalue weighted by atomic mass is 9.77. The molecule has 15 heavy (non-hydrogen) atoms. The molecule has 2 aliphatic rings. The van der Waals surface area contributed by atoms with Crippen molar-refractivity contribution in [1.29, 1.82) is 0 Å². The Morgan fingerprint density at radius 1 is 1.13 bits per heavy atom. The zero-order valence-electron chi connectivity index (χ0n) is 9.25. The molecular formula is C12H18O2S. The van der Waals surface area contributed by atoms with E-state index in [1.54, 1.807) is 0 Å². The first-order valence-electron chi connectivity index (χ1n) is 5.75. The Morgan fingerprint density at radius 2 is 1.67 bits per heavy atom. The summed E-state index contributed by atoms with van der Waals surface area (Å²) < 4.78 is 0.242. The van der Waals surface area contributed by atoms with E-state index in [1.807, 2.05) is 11.8 Å². The van der Waals surface area contributed by atoms with Crippen LogP contribution in [0.25, 0.3) is 0 Å². The van der Waals surface area contributed by atoms with Crippen LogP contribution in [0.2, 0.25) is 0 Å². The molecule has 0 aliphatic heterocycles. The number of ketones is 2. The molecule has 0 spiro atoms. The van der Waals surface area contributed by atoms with Crippen LogP contribution in [0, 0.1) is 5.92 Å². The van der Waals surface area contributed by atoms with Crippen molar-refractivity contribution in [3.05, 3.63) is 0 Å². The molecule has 0 saturated heterocycles. The fourth-order valence-corrected chi connectivity index (χ4v) is 4.31. The highest BCUT2D eigenvalue weighted by molar-refractivity contribution is 8.00. The van der Waals surface area contributed by atoms with Gasteiger partial charge in [-0.05, 0) is 25.0 Å². The predicted octanol–water partition coefficient (Wildman–Crippen LogP) is 2.60. The van der Waals surface area contributed by atoms with Crippen molar-refractivity contribution in [2.45, 2.75) is 49.7 Å². The quantitative estimate of drug-likeness (QED) is 0.679. The lowest BCUT2D eigenvalue weighted by molar-refractivity contribution is -0.131. The van der Waals surface area contributed by atoms with Gasteiger partial charge in [-0.25, -0.2) is 0 Å². The van der Waals surface area contributed by atoms with Crippen molar-refractivity contribution < 1.29 is 9.59 Å². The highest BCUT2D eigenvalue weighted by Gasteiger charge is 2.44. The van der Waals surface area contributed by atoms with Crippen LogP contribution in [-0.2, 0) is 9.59 Å². The molecule has 0 atom stereocenters. The second kappa shape index (κ2) is 4.28. The van der Waals surface area contributed by atoms with Gasteiger partial charge < -0.3 is 0 Å². The van der Waals surface area contributed by atoms with Gasteiger partial charge in [0.25, 0.3) is 0 Å². The van der Waals surface area contributed by atoms with Crippen molar-refractivity contribution >= 4 is 23.3 Å². The Morgan fingerprint density at radius 3 is 2.13 bits per heavy atom. The van der Waals surface area contributed by atoms with Crippen LogP contribution in [-0.4, -0.2) is 22.6 Å². The maximum Gasteiger partial charge on any atom is 0.140 e. The van der Waals surface area contributed by atoms with Gasteiger partial charge in [-0.1, -0.05) is 12.8 Å². The molecule has 2 nitrogen and oxygen atoms in total. The monoisotopic (exact) mass is 226 g/mol. The van der Waals surface area contributed by atoms with Crippen molar-refractivity contribution in [1.82, 2.24) is 0 Å². The Bertz CT molecular complexity index is 263. The minimum Gasteiger partial charge on any atom is -0.299 e. The van der Waals surface area contributed by atoms with Gasteiger partial charge in [0.2, 0.25) is 0 Å². The number of rotatable bonds is 2. The topological polar surface area (TPSA) is 34.1 Å². The molecule has 2 saturated carbocycles. The van der Waals surface area contributed by atoms with Crippen LogP contribution < -0.4 is 0 Å². The van der Waals surface area contributed by atoms with E-state index < -0.39 is 0 Å². The van der Waals surface area contributed by atoms with Crippen LogP contribution in [0.5, 0.6) is 0 Å². The Balaban J connectivity index is 2.13. The van der Waals surface area contributed by atoms with Crippen LogP contribution >= 0.6 is 11.8 Å². The van der Waals surface area contributed by atoms with Gasteiger partial charge in [-0.2, -0.15) is 11.8 Å². The number of hydrogen-bond donors (Lipinski definition) is 0. The van der Waals surface area contributed by atoms with Gasteiger partial charge in [-0.15, -0.1) is 0 Å². The number of carbonyl (C=O) groups excluding carboxylic acids is 2. The first-order chi connectivity index (χ1) is 7.16. The molecule has 0 radical (unpaired) electrons. The lowest BCUT2D eigenvalue weighted by Crippen LogP contribution is -2.38. The predicted molar refractivity (Wildman–Crippen MR) is 62.1 cm³/mol. The molecule has 0 heterocycles. The van der Waals surface area contributed by atoms with Crippen molar-refractivity contribution in [2.75, 3.05) is 6.26 Å². The SMILES string of the molecule is CSC1(C2CC(=O)CC(=O)C2)CCCC1. The zero-order chi connectivity index (χ0) is 10.9. The van der Waals surface area contributed by atoms with E-state index in [1.165, 1.54) is 25.7 Å². The van der Waals surface area contributed by atoms with Gasteiger partial charge >= 0.3 is 0 Å². The number of Topliss-reactive ketones (excluding diaryl/α,β-unsaturated/α-hetero) is 2. The van der Waals surface area contributed by atoms with E-state index in [2.05, 4.69) is 6.26 Å². The van der Waals surface area contributed by atoms with Gasteiger partial charge in [0.15, 0.2) is 0 Å². The maximum atomic E-state index is 11.5. The van der Waals surface area contributed by atoms with Crippen molar-refractivity contribution in [2.24, 2.45) is 5.92 Å². The van der Waals surface area contributed by atoms with E-state index in [9.17, 15) is 9.59 Å². The summed E-state index contributed by atoms with van der Waals surface area (Å²) in [5, 5.41) is 0. The second-order valence-electron chi connectivity index (χ2n) is 4.84. The number of hydrogen-bond acceptors (Lipinski definition) is 3. The summed E-state index contributed by atoms with van der Waals surface area (Å²) in [6, 6.07) is 0. The van der Waals surface area contributed by atoms with Gasteiger partial charge in [-0.3, -0.25) is 9.59 Å². The maximum absolute atomic E-state index is 11.5. The number of thioether (sulfide) groups is 1. The largest absolute Gasteiger partial charge is 0.299 e. The third-order valence-corrected chi connectivity index (χ3v) is 5.50. The molecule has 2 aliphatic carbocycles. The minimum absolute atomic E-state index is 0.163. The molecular weight excluding hydrogens is 208 g/mol. The summed E-state index contributed by atoms with van der Waals surface area (Å²) >= 11 is 1.89. The van der Waals surface area contributed by atoms with E-state index in [4.69, 9.17) is 0 Å². The molecule has 2 rings (SSSR count). The average molecular weight is 226 g/mol. The standard InChI is InChI=1S/C12H18O2S/c1-15-12(4-2-3-5-12)9-6-10(13)8-11(14)7-9/h9H,2-8H2,1H3. The molecule has 0 N–H and O–H groups in total. The fraction of sp³-hybridized carbons (Fsp3) is 0.833. The first kappa shape index (κ1) is 11.2. The Kier molecular flexibility index (Phi) is 3.19. The van der Waals surface area contributed by atoms with Crippen molar-refractivity contribution in [3.8, 4) is 0 Å². The summed E-state index contributed by atoms with van der Waals surface area (Å²) in [6.07, 6.45) is 8.53. The van der Waals surface area contributed by atoms with Gasteiger partial charge in [0, 0.05) is 17.6 Å². The highest BCUT2D eigenvalue weighted by Crippen LogP contribution is 2.49. The molecule has 0 amide bonds. The van der Waals surface area contributed by atoms with Crippen LogP contribution in [0.15, 0.2) is 0 Å². The summed E-state index contributed by atoms with van der Waals surface area (Å²) in [6.45, 7) is 0. The van der Waals surface area contributed by atoms with E-state index in [-0.39, 0.29) is 22.7 Å². The molecule has 0 unspecified atom stereocenters. The lowest BCUT2D eigenvalue weighted by Gasteiger charge is -2.37.